The average Bonchev–Trinajstić information content (AvgIpc) is 3.53. The molecule has 5 saturated heterocycles. The molecule has 0 saturated carbocycles. The van der Waals surface area contributed by atoms with E-state index in [1.54, 1.807) is 73.6 Å². The molecule has 4 N–H and O–H groups in total. The predicted molar refractivity (Wildman–Crippen MR) is 200 cm³/mol. The number of carbonyl (C=O) groups excluding carboxylic acids is 2. The van der Waals surface area contributed by atoms with E-state index in [4.69, 9.17) is 37.9 Å². The van der Waals surface area contributed by atoms with Crippen LogP contribution < -0.4 is 4.72 Å². The van der Waals surface area contributed by atoms with Crippen molar-refractivity contribution in [1.82, 2.24) is 4.72 Å². The van der Waals surface area contributed by atoms with Crippen molar-refractivity contribution in [3.63, 3.8) is 0 Å². The molecule has 16 nitrogen and oxygen atoms in total. The first-order valence-corrected chi connectivity index (χ1v) is 21.5. The number of methoxy groups -OCH3 is 1. The highest BCUT2D eigenvalue weighted by molar-refractivity contribution is 7.89. The lowest BCUT2D eigenvalue weighted by molar-refractivity contribution is -0.353. The lowest BCUT2D eigenvalue weighted by atomic mass is 9.77. The summed E-state index contributed by atoms with van der Waals surface area (Å²) in [5.74, 6) is -5.49. The van der Waals surface area contributed by atoms with Crippen molar-refractivity contribution >= 4 is 21.8 Å². The Morgan fingerprint density at radius 3 is 2.23 bits per heavy atom. The van der Waals surface area contributed by atoms with E-state index < -0.39 is 124 Å². The number of aliphatic hydroxyl groups excluding tert-OH is 3. The van der Waals surface area contributed by atoms with Crippen LogP contribution in [0.25, 0.3) is 0 Å². The summed E-state index contributed by atoms with van der Waals surface area (Å²) in [7, 11) is -2.66. The number of aliphatic hydroxyl groups is 3. The number of nitrogens with one attached hydrogen (secondary N) is 1. The van der Waals surface area contributed by atoms with Gasteiger partial charge < -0.3 is 53.2 Å². The lowest BCUT2D eigenvalue weighted by Crippen LogP contribution is -2.61. The second-order valence-corrected chi connectivity index (χ2v) is 19.1. The smallest absolute Gasteiger partial charge is 0.311 e. The van der Waals surface area contributed by atoms with E-state index in [1.165, 1.54) is 19.2 Å². The molecule has 1 aromatic rings. The van der Waals surface area contributed by atoms with E-state index in [9.17, 15) is 33.3 Å². The minimum atomic E-state index is -4.15. The van der Waals surface area contributed by atoms with Gasteiger partial charge in [0.25, 0.3) is 0 Å². The zero-order valence-electron chi connectivity index (χ0n) is 34.4. The zero-order chi connectivity index (χ0) is 42.0. The van der Waals surface area contributed by atoms with Gasteiger partial charge in [-0.2, -0.15) is 0 Å². The maximum Gasteiger partial charge on any atom is 0.311 e. The molecule has 5 aliphatic rings. The Morgan fingerprint density at radius 2 is 1.60 bits per heavy atom. The molecular formula is C40H61NO15S. The van der Waals surface area contributed by atoms with Crippen LogP contribution in [0, 0.1) is 23.7 Å². The third-order valence-electron chi connectivity index (χ3n) is 13.2. The first kappa shape index (κ1) is 44.4. The van der Waals surface area contributed by atoms with Crippen LogP contribution in [0.4, 0.5) is 0 Å². The number of carbonyl (C=O) groups is 2. The molecule has 17 heteroatoms. The monoisotopic (exact) mass is 827 g/mol. The van der Waals surface area contributed by atoms with Gasteiger partial charge in [0, 0.05) is 31.8 Å². The van der Waals surface area contributed by atoms with Gasteiger partial charge in [0.2, 0.25) is 10.0 Å². The standard InChI is InChI=1S/C40H61NO15S/c1-11-27-39(9)32(44)23(5)40(56-39)20(2)18-38(8,55-40)34(54-36-30(43)26(17-28(42)52-36)41-57(47,48)25-15-13-12-14-16-25)21(3)31(22(4)35(46)51-27)53-29-19-37(7,49-10)33(45)24(6)50-29/h12-16,20-24,26-31,33-34,36,41-43,45H,11,17-19H2,1-10H3/t20?,21-,22+,23+,24-,26-,27+,28-,29-,30+,31-,33-,34+,36-,37+,38+,39-,40?/m0/s1. The normalized spacial score (nSPS) is 48.2. The van der Waals surface area contributed by atoms with Crippen molar-refractivity contribution in [2.45, 2.75) is 177 Å². The Bertz CT molecular complexity index is 1740. The molecular weight excluding hydrogens is 766 g/mol. The maximum absolute atomic E-state index is 14.3. The van der Waals surface area contributed by atoms with Crippen molar-refractivity contribution in [2.24, 2.45) is 23.7 Å². The van der Waals surface area contributed by atoms with Gasteiger partial charge in [0.1, 0.15) is 18.3 Å². The number of hydrogen-bond donors (Lipinski definition) is 4. The molecule has 5 aliphatic heterocycles. The van der Waals surface area contributed by atoms with Gasteiger partial charge in [-0.25, -0.2) is 13.1 Å². The summed E-state index contributed by atoms with van der Waals surface area (Å²) in [5.41, 5.74) is -3.95. The molecule has 322 valence electrons. The number of fused-ring (bicyclic) bond motifs is 2. The molecule has 2 unspecified atom stereocenters. The fourth-order valence-corrected chi connectivity index (χ4v) is 11.2. The number of benzene rings is 1. The van der Waals surface area contributed by atoms with Gasteiger partial charge >= 0.3 is 5.97 Å². The maximum atomic E-state index is 14.3. The van der Waals surface area contributed by atoms with Crippen molar-refractivity contribution in [1.29, 1.82) is 0 Å². The van der Waals surface area contributed by atoms with Gasteiger partial charge in [0.05, 0.1) is 52.3 Å². The van der Waals surface area contributed by atoms with E-state index in [0.717, 1.165) is 0 Å². The number of Topliss-reactive ketones (excluding diaryl/α,β-unsaturated/α-hetero) is 1. The van der Waals surface area contributed by atoms with Crippen molar-refractivity contribution in [2.75, 3.05) is 7.11 Å². The Labute approximate surface area is 335 Å². The third-order valence-corrected chi connectivity index (χ3v) is 14.7. The van der Waals surface area contributed by atoms with Crippen LogP contribution in [-0.2, 0) is 57.5 Å². The van der Waals surface area contributed by atoms with Crippen LogP contribution in [0.1, 0.15) is 88.0 Å². The Kier molecular flexibility index (Phi) is 12.5. The molecule has 3 bridgehead atoms. The molecule has 5 fully saturated rings. The summed E-state index contributed by atoms with van der Waals surface area (Å²) >= 11 is 0. The number of ether oxygens (including phenoxy) is 8. The number of hydrogen-bond acceptors (Lipinski definition) is 15. The van der Waals surface area contributed by atoms with Crippen LogP contribution in [-0.4, -0.2) is 127 Å². The number of sulfonamides is 1. The van der Waals surface area contributed by atoms with Crippen molar-refractivity contribution in [3.8, 4) is 0 Å². The summed E-state index contributed by atoms with van der Waals surface area (Å²) in [4.78, 5) is 28.5. The topological polar surface area (TPSA) is 215 Å². The van der Waals surface area contributed by atoms with E-state index in [-0.39, 0.29) is 36.4 Å². The van der Waals surface area contributed by atoms with Crippen LogP contribution >= 0.6 is 0 Å². The van der Waals surface area contributed by atoms with Gasteiger partial charge in [0.15, 0.2) is 36.0 Å². The summed E-state index contributed by atoms with van der Waals surface area (Å²) < 4.78 is 80.3. The molecule has 0 radical (unpaired) electrons. The van der Waals surface area contributed by atoms with Crippen LogP contribution in [0.2, 0.25) is 0 Å². The number of rotatable bonds is 9. The molecule has 0 aliphatic carbocycles. The fourth-order valence-electron chi connectivity index (χ4n) is 9.88. The van der Waals surface area contributed by atoms with E-state index in [1.807, 2.05) is 6.92 Å². The van der Waals surface area contributed by atoms with Crippen molar-refractivity contribution < 1.29 is 71.2 Å². The second-order valence-electron chi connectivity index (χ2n) is 17.3. The quantitative estimate of drug-likeness (QED) is 0.263. The van der Waals surface area contributed by atoms with Gasteiger partial charge in [-0.1, -0.05) is 45.9 Å². The molecule has 1 aromatic carbocycles. The summed E-state index contributed by atoms with van der Waals surface area (Å²) in [6.45, 7) is 15.7. The summed E-state index contributed by atoms with van der Waals surface area (Å²) in [6.07, 6.45) is -10.3. The minimum absolute atomic E-state index is 0.0375. The number of cyclic esters (lactones) is 1. The van der Waals surface area contributed by atoms with Crippen LogP contribution in [0.3, 0.4) is 0 Å². The zero-order valence-corrected chi connectivity index (χ0v) is 35.3. The minimum Gasteiger partial charge on any atom is -0.459 e. The second kappa shape index (κ2) is 16.0. The fraction of sp³-hybridized carbons (Fsp3) is 0.800. The highest BCUT2D eigenvalue weighted by Gasteiger charge is 2.71. The number of esters is 1. The Balaban J connectivity index is 1.42. The highest BCUT2D eigenvalue weighted by Crippen LogP contribution is 2.58. The highest BCUT2D eigenvalue weighted by atomic mass is 32.2. The van der Waals surface area contributed by atoms with E-state index >= 15 is 0 Å². The largest absolute Gasteiger partial charge is 0.459 e. The van der Waals surface area contributed by atoms with Gasteiger partial charge in [-0.15, -0.1) is 0 Å². The third kappa shape index (κ3) is 7.85. The molecule has 1 spiro atoms. The SMILES string of the molecule is CC[C@H]1OC(=O)[C@H](C)[C@@H](O[C@H]2C[C@@](C)(OC)[C@@H](O)[C@H](C)O2)[C@H](C)[C@@H](O[C@@H]2O[C@H](O)C[C@H](NS(=O)(=O)c3ccccc3)[C@H]2O)[C@@]2(C)CC(C)C3(O2)O[C@]1(C)C(=O)[C@H]3C. The van der Waals surface area contributed by atoms with E-state index in [0.29, 0.717) is 0 Å². The predicted octanol–water partition coefficient (Wildman–Crippen LogP) is 2.54. The molecule has 0 aromatic heterocycles. The Hall–Kier alpha value is -2.13. The summed E-state index contributed by atoms with van der Waals surface area (Å²) in [5, 5.41) is 33.6. The van der Waals surface area contributed by atoms with E-state index in [2.05, 4.69) is 4.72 Å². The van der Waals surface area contributed by atoms with Crippen LogP contribution in [0.15, 0.2) is 35.2 Å². The first-order valence-electron chi connectivity index (χ1n) is 20.0. The Morgan fingerprint density at radius 1 is 0.930 bits per heavy atom. The average molecular weight is 828 g/mol. The first-order chi connectivity index (χ1) is 26.6. The molecule has 5 heterocycles. The molecule has 6 rings (SSSR count). The lowest BCUT2D eigenvalue weighted by Gasteiger charge is -2.48. The summed E-state index contributed by atoms with van der Waals surface area (Å²) in [6, 6.07) is 6.37. The molecule has 18 atom stereocenters. The van der Waals surface area contributed by atoms with Crippen LogP contribution in [0.5, 0.6) is 0 Å². The number of ketones is 1. The van der Waals surface area contributed by atoms with Crippen molar-refractivity contribution in [3.05, 3.63) is 30.3 Å². The molecule has 57 heavy (non-hydrogen) atoms. The molecule has 0 amide bonds. The van der Waals surface area contributed by atoms with Gasteiger partial charge in [-0.3, -0.25) is 9.59 Å². The van der Waals surface area contributed by atoms with Gasteiger partial charge in [-0.05, 0) is 59.6 Å².